The van der Waals surface area contributed by atoms with Crippen molar-refractivity contribution in [1.29, 1.82) is 0 Å². The molecule has 7 rings (SSSR count). The van der Waals surface area contributed by atoms with Crippen LogP contribution in [0, 0.1) is 0 Å². The summed E-state index contributed by atoms with van der Waals surface area (Å²) < 4.78 is 41.1. The van der Waals surface area contributed by atoms with Crippen molar-refractivity contribution in [3.05, 3.63) is 193 Å². The van der Waals surface area contributed by atoms with Gasteiger partial charge in [0.15, 0.2) is 6.29 Å². The average molecular weight is 743 g/mol. The van der Waals surface area contributed by atoms with Crippen LogP contribution in [0.15, 0.2) is 182 Å². The van der Waals surface area contributed by atoms with E-state index in [4.69, 9.17) is 28.0 Å². The highest BCUT2D eigenvalue weighted by atomic mass is 31.1. The minimum absolute atomic E-state index is 0.256. The van der Waals surface area contributed by atoms with Gasteiger partial charge in [-0.2, -0.15) is 0 Å². The number of ether oxygens (including phenoxy) is 4. The number of rotatable bonds is 16. The molecule has 6 nitrogen and oxygen atoms in total. The number of hydrogen-bond donors (Lipinski definition) is 0. The van der Waals surface area contributed by atoms with Crippen LogP contribution in [-0.4, -0.2) is 44.4 Å². The first-order chi connectivity index (χ1) is 26.3. The van der Waals surface area contributed by atoms with Crippen molar-refractivity contribution in [1.82, 2.24) is 0 Å². The maximum absolute atomic E-state index is 7.49. The Kier molecular flexibility index (Phi) is 13.6. The van der Waals surface area contributed by atoms with Gasteiger partial charge in [0.25, 0.3) is 0 Å². The Morgan fingerprint density at radius 2 is 0.830 bits per heavy atom. The van der Waals surface area contributed by atoms with Gasteiger partial charge in [0, 0.05) is 28.3 Å². The number of methoxy groups -OCH3 is 1. The molecule has 0 aromatic heterocycles. The molecule has 0 spiro atoms. The van der Waals surface area contributed by atoms with Gasteiger partial charge < -0.3 is 28.0 Å². The van der Waals surface area contributed by atoms with E-state index in [0.29, 0.717) is 13.2 Å². The van der Waals surface area contributed by atoms with Gasteiger partial charge in [0.1, 0.15) is 24.4 Å². The molecular weight excluding hydrogens is 698 g/mol. The van der Waals surface area contributed by atoms with Gasteiger partial charge in [-0.15, -0.1) is 0 Å². The van der Waals surface area contributed by atoms with E-state index in [0.717, 1.165) is 32.3 Å². The van der Waals surface area contributed by atoms with E-state index in [1.807, 2.05) is 60.7 Å². The third-order valence-electron chi connectivity index (χ3n) is 8.92. The van der Waals surface area contributed by atoms with E-state index in [1.54, 1.807) is 7.11 Å². The molecule has 1 heterocycles. The largest absolute Gasteiger partial charge is 0.374 e. The predicted octanol–water partition coefficient (Wildman–Crippen LogP) is 8.03. The second-order valence-corrected chi connectivity index (χ2v) is 16.3. The van der Waals surface area contributed by atoms with Crippen LogP contribution in [0.1, 0.15) is 11.1 Å². The van der Waals surface area contributed by atoms with Crippen LogP contribution in [0.2, 0.25) is 0 Å². The quantitative estimate of drug-likeness (QED) is 0.0937. The predicted molar refractivity (Wildman–Crippen MR) is 215 cm³/mol. The highest BCUT2D eigenvalue weighted by Crippen LogP contribution is 2.46. The molecule has 8 heteroatoms. The topological polar surface area (TPSA) is 55.4 Å². The van der Waals surface area contributed by atoms with E-state index in [1.165, 1.54) is 0 Å². The second kappa shape index (κ2) is 19.3. The minimum Gasteiger partial charge on any atom is -0.374 e. The zero-order valence-corrected chi connectivity index (χ0v) is 31.5. The third-order valence-corrected chi connectivity index (χ3v) is 12.9. The average Bonchev–Trinajstić information content (AvgIpc) is 3.23. The fraction of sp³-hybridized carbons (Fsp3) is 0.200. The molecule has 6 aromatic rings. The maximum atomic E-state index is 7.49. The summed E-state index contributed by atoms with van der Waals surface area (Å²) in [6.07, 6.45) is -3.17. The Hall–Kier alpha value is -4.06. The van der Waals surface area contributed by atoms with Crippen molar-refractivity contribution in [2.45, 2.75) is 43.9 Å². The molecule has 0 bridgehead atoms. The Morgan fingerprint density at radius 1 is 0.453 bits per heavy atom. The number of hydrogen-bond acceptors (Lipinski definition) is 6. The lowest BCUT2D eigenvalue weighted by Gasteiger charge is -2.47. The van der Waals surface area contributed by atoms with Gasteiger partial charge >= 0.3 is 0 Å². The lowest BCUT2D eigenvalue weighted by Crippen LogP contribution is -2.61. The fourth-order valence-electron chi connectivity index (χ4n) is 6.30. The molecule has 0 radical (unpaired) electrons. The van der Waals surface area contributed by atoms with E-state index >= 15 is 0 Å². The van der Waals surface area contributed by atoms with E-state index < -0.39 is 47.0 Å². The molecule has 270 valence electrons. The third kappa shape index (κ3) is 9.93. The van der Waals surface area contributed by atoms with Crippen LogP contribution >= 0.6 is 16.3 Å². The second-order valence-electron chi connectivity index (χ2n) is 12.6. The van der Waals surface area contributed by atoms with Gasteiger partial charge in [-0.1, -0.05) is 182 Å². The standard InChI is InChI=1S/C45H44O6P2/c1-46-45-44(48-33-36-22-10-3-11-23-36)43(51-53(39-28-16-6-17-29-39)40-30-18-7-19-31-40)42(41(49-45)34-47-32-35-20-8-2-9-21-35)50-52(37-24-12-4-13-25-37)38-26-14-5-15-27-38/h2-31,41-45H,32-34H2,1H3/t41-,42-,43+,44+,45+/m1/s1. The molecule has 0 aliphatic carbocycles. The van der Waals surface area contributed by atoms with Crippen molar-refractivity contribution in [3.8, 4) is 0 Å². The molecule has 1 saturated heterocycles. The van der Waals surface area contributed by atoms with Crippen molar-refractivity contribution in [2.75, 3.05) is 13.7 Å². The lowest BCUT2D eigenvalue weighted by atomic mass is 9.99. The zero-order chi connectivity index (χ0) is 36.1. The Bertz CT molecular complexity index is 1830. The summed E-state index contributed by atoms with van der Waals surface area (Å²) in [7, 11) is -0.983. The first-order valence-corrected chi connectivity index (χ1v) is 20.4. The molecule has 1 fully saturated rings. The summed E-state index contributed by atoms with van der Waals surface area (Å²) in [4.78, 5) is 0. The lowest BCUT2D eigenvalue weighted by molar-refractivity contribution is -0.298. The van der Waals surface area contributed by atoms with Crippen molar-refractivity contribution in [2.24, 2.45) is 0 Å². The molecule has 5 atom stereocenters. The Balaban J connectivity index is 1.31. The smallest absolute Gasteiger partial charge is 0.186 e. The highest BCUT2D eigenvalue weighted by Gasteiger charge is 2.51. The summed E-state index contributed by atoms with van der Waals surface area (Å²) in [6.45, 7) is 1.03. The van der Waals surface area contributed by atoms with Crippen LogP contribution in [0.4, 0.5) is 0 Å². The zero-order valence-electron chi connectivity index (χ0n) is 29.7. The number of benzene rings is 6. The van der Waals surface area contributed by atoms with Gasteiger partial charge in [-0.3, -0.25) is 0 Å². The van der Waals surface area contributed by atoms with Crippen LogP contribution < -0.4 is 21.2 Å². The van der Waals surface area contributed by atoms with Gasteiger partial charge in [-0.05, 0) is 11.1 Å². The van der Waals surface area contributed by atoms with Gasteiger partial charge in [0.2, 0.25) is 0 Å². The van der Waals surface area contributed by atoms with Crippen molar-refractivity contribution < 1.29 is 28.0 Å². The Morgan fingerprint density at radius 3 is 1.25 bits per heavy atom. The molecule has 53 heavy (non-hydrogen) atoms. The van der Waals surface area contributed by atoms with Crippen molar-refractivity contribution in [3.63, 3.8) is 0 Å². The first-order valence-electron chi connectivity index (χ1n) is 17.9. The summed E-state index contributed by atoms with van der Waals surface area (Å²) >= 11 is 0. The summed E-state index contributed by atoms with van der Waals surface area (Å²) in [5, 5.41) is 4.33. The Labute approximate surface area is 315 Å². The molecule has 0 saturated carbocycles. The molecular formula is C45H44O6P2. The molecule has 0 amide bonds. The maximum Gasteiger partial charge on any atom is 0.186 e. The highest BCUT2D eigenvalue weighted by molar-refractivity contribution is 7.69. The van der Waals surface area contributed by atoms with Gasteiger partial charge in [0.05, 0.1) is 36.1 Å². The summed E-state index contributed by atoms with van der Waals surface area (Å²) in [5.41, 5.74) is 2.12. The van der Waals surface area contributed by atoms with E-state index in [-0.39, 0.29) is 6.61 Å². The molecule has 0 unspecified atom stereocenters. The van der Waals surface area contributed by atoms with E-state index in [2.05, 4.69) is 121 Å². The SMILES string of the molecule is CO[C@H]1O[C@H](COCc2ccccc2)[C@@H](OP(c2ccccc2)c2ccccc2)[C@H](OP(c2ccccc2)c2ccccc2)[C@@H]1OCc1ccccc1. The first kappa shape index (κ1) is 37.3. The summed E-state index contributed by atoms with van der Waals surface area (Å²) in [5.74, 6) is 0. The van der Waals surface area contributed by atoms with Crippen LogP contribution in [0.25, 0.3) is 0 Å². The molecule has 1 aliphatic rings. The van der Waals surface area contributed by atoms with E-state index in [9.17, 15) is 0 Å². The normalized spacial score (nSPS) is 20.1. The van der Waals surface area contributed by atoms with Gasteiger partial charge in [-0.25, -0.2) is 0 Å². The van der Waals surface area contributed by atoms with Crippen LogP contribution in [0.3, 0.4) is 0 Å². The molecule has 0 N–H and O–H groups in total. The summed E-state index contributed by atoms with van der Waals surface area (Å²) in [6, 6.07) is 61.9. The van der Waals surface area contributed by atoms with Crippen LogP contribution in [0.5, 0.6) is 0 Å². The van der Waals surface area contributed by atoms with Crippen molar-refractivity contribution >= 4 is 37.5 Å². The monoisotopic (exact) mass is 742 g/mol. The fourth-order valence-corrected chi connectivity index (χ4v) is 10.1. The molecule has 6 aromatic carbocycles. The molecule has 1 aliphatic heterocycles. The minimum atomic E-state index is -1.32. The van der Waals surface area contributed by atoms with Crippen LogP contribution in [-0.2, 0) is 41.2 Å².